The Morgan fingerprint density at radius 2 is 1.50 bits per heavy atom. The molecular formula is C39H34IrN2-2. The summed E-state index contributed by atoms with van der Waals surface area (Å²) in [4.78, 5) is 8.86. The Morgan fingerprint density at radius 3 is 2.17 bits per heavy atom. The van der Waals surface area contributed by atoms with Crippen LogP contribution in [0.3, 0.4) is 0 Å². The minimum absolute atomic E-state index is 0. The maximum atomic E-state index is 8.93. The zero-order valence-electron chi connectivity index (χ0n) is 29.4. The Labute approximate surface area is 272 Å². The molecule has 4 aromatic carbocycles. The first-order valence-corrected chi connectivity index (χ1v) is 13.4. The van der Waals surface area contributed by atoms with Gasteiger partial charge in [0.25, 0.3) is 0 Å². The van der Waals surface area contributed by atoms with Gasteiger partial charge in [-0.25, -0.2) is 0 Å². The van der Waals surface area contributed by atoms with Gasteiger partial charge in [0.2, 0.25) is 0 Å². The van der Waals surface area contributed by atoms with Gasteiger partial charge in [-0.15, -0.1) is 71.3 Å². The molecule has 0 aliphatic carbocycles. The van der Waals surface area contributed by atoms with Gasteiger partial charge in [0.05, 0.1) is 0 Å². The zero-order valence-corrected chi connectivity index (χ0v) is 25.8. The van der Waals surface area contributed by atoms with Crippen LogP contribution in [0, 0.1) is 19.0 Å². The van der Waals surface area contributed by atoms with Crippen LogP contribution in [0.4, 0.5) is 0 Å². The van der Waals surface area contributed by atoms with Gasteiger partial charge in [-0.2, -0.15) is 0 Å². The Morgan fingerprint density at radius 1 is 0.786 bits per heavy atom. The second kappa shape index (κ2) is 15.2. The van der Waals surface area contributed by atoms with E-state index in [1.54, 1.807) is 36.7 Å². The Balaban J connectivity index is 0.000000258. The van der Waals surface area contributed by atoms with Crippen LogP contribution in [0.15, 0.2) is 134 Å². The molecule has 2 heterocycles. The van der Waals surface area contributed by atoms with Gasteiger partial charge in [-0.3, -0.25) is 0 Å². The largest absolute Gasteiger partial charge is 0.305 e. The van der Waals surface area contributed by atoms with Crippen molar-refractivity contribution in [2.75, 3.05) is 0 Å². The number of hydrogen-bond donors (Lipinski definition) is 0. The fraction of sp³-hybridized carbons (Fsp3) is 0.128. The number of nitrogens with zero attached hydrogens (tertiary/aromatic N) is 2. The van der Waals surface area contributed by atoms with E-state index in [0.29, 0.717) is 27.9 Å². The summed E-state index contributed by atoms with van der Waals surface area (Å²) >= 11 is 0. The van der Waals surface area contributed by atoms with Gasteiger partial charge < -0.3 is 9.97 Å². The summed E-state index contributed by atoms with van der Waals surface area (Å²) in [6.45, 7) is 1.55. The van der Waals surface area contributed by atoms with Crippen molar-refractivity contribution >= 4 is 0 Å². The molecule has 0 unspecified atom stereocenters. The van der Waals surface area contributed by atoms with Crippen molar-refractivity contribution in [2.24, 2.45) is 0 Å². The average Bonchev–Trinajstić information content (AvgIpc) is 3.09. The van der Waals surface area contributed by atoms with E-state index in [-0.39, 0.29) is 25.7 Å². The molecule has 0 atom stereocenters. The summed E-state index contributed by atoms with van der Waals surface area (Å²) < 4.78 is 48.4. The molecule has 6 rings (SSSR count). The number of rotatable bonds is 6. The zero-order chi connectivity index (χ0) is 33.7. The normalized spacial score (nSPS) is 13.4. The van der Waals surface area contributed by atoms with E-state index in [1.165, 1.54) is 12.1 Å². The van der Waals surface area contributed by atoms with E-state index in [4.69, 9.17) is 8.22 Å². The SMILES string of the molecule is [2H]C(C)(C)c1ccnc(-c2[c-]cccc2)c1.[2H]C([2H])([2H])c1c[c-]c(-c2cc(C([2H])([2H])c3ccccc3)c(-c3ccccc3)cn2)cc1.[Ir]. The van der Waals surface area contributed by atoms with Crippen molar-refractivity contribution in [3.8, 4) is 33.6 Å². The number of aryl methyl sites for hydroxylation is 1. The van der Waals surface area contributed by atoms with E-state index < -0.39 is 19.1 Å². The maximum absolute atomic E-state index is 8.93. The van der Waals surface area contributed by atoms with Crippen LogP contribution in [-0.4, -0.2) is 9.97 Å². The average molecular weight is 729 g/mol. The van der Waals surface area contributed by atoms with Gasteiger partial charge in [0.1, 0.15) is 0 Å². The summed E-state index contributed by atoms with van der Waals surface area (Å²) in [5.41, 5.74) is 6.77. The van der Waals surface area contributed by atoms with Crippen molar-refractivity contribution in [3.63, 3.8) is 0 Å². The Kier molecular flexibility index (Phi) is 8.45. The standard InChI is InChI=1S/C25H20N.C14H14N.Ir/c1-19-12-14-22(15-13-19)25-17-23(16-20-8-4-2-5-9-20)24(18-26-25)21-10-6-3-7-11-21;1-11(2)13-8-9-15-14(10-13)12-6-4-3-5-7-12;/h2-14,17-18H,16H2,1H3;3-6,8-11H,1-2H3;/q2*-1;/i1D3,16D2;11D;. The first kappa shape index (κ1) is 23.4. The number of hydrogen-bond acceptors (Lipinski definition) is 2. The molecule has 0 saturated carbocycles. The minimum atomic E-state index is -2.20. The van der Waals surface area contributed by atoms with Crippen molar-refractivity contribution in [3.05, 3.63) is 168 Å². The van der Waals surface area contributed by atoms with Crippen molar-refractivity contribution in [2.45, 2.75) is 33.0 Å². The molecule has 0 amide bonds. The van der Waals surface area contributed by atoms with E-state index in [2.05, 4.69) is 22.1 Å². The maximum Gasteiger partial charge on any atom is 0.0366 e. The predicted octanol–water partition coefficient (Wildman–Crippen LogP) is 9.78. The molecule has 211 valence electrons. The summed E-state index contributed by atoms with van der Waals surface area (Å²) in [5, 5.41) is 0. The molecule has 2 aromatic heterocycles. The van der Waals surface area contributed by atoms with Crippen molar-refractivity contribution < 1.29 is 28.3 Å². The van der Waals surface area contributed by atoms with E-state index in [1.807, 2.05) is 98.8 Å². The molecule has 0 aliphatic heterocycles. The summed E-state index contributed by atoms with van der Waals surface area (Å²) in [6.07, 6.45) is 1.66. The monoisotopic (exact) mass is 729 g/mol. The van der Waals surface area contributed by atoms with E-state index in [9.17, 15) is 0 Å². The van der Waals surface area contributed by atoms with Crippen LogP contribution in [-0.2, 0) is 26.5 Å². The molecule has 0 spiro atoms. The fourth-order valence-electron chi connectivity index (χ4n) is 4.26. The number of pyridine rings is 2. The van der Waals surface area contributed by atoms with Crippen LogP contribution in [0.25, 0.3) is 33.6 Å². The molecule has 0 N–H and O–H groups in total. The molecule has 2 nitrogen and oxygen atoms in total. The van der Waals surface area contributed by atoms with E-state index >= 15 is 0 Å². The second-order valence-corrected chi connectivity index (χ2v) is 9.67. The predicted molar refractivity (Wildman–Crippen MR) is 171 cm³/mol. The molecule has 6 aromatic rings. The molecule has 0 aliphatic rings. The Bertz CT molecular complexity index is 1910. The second-order valence-electron chi connectivity index (χ2n) is 9.67. The third kappa shape index (κ3) is 8.19. The first-order valence-electron chi connectivity index (χ1n) is 16.4. The van der Waals surface area contributed by atoms with Crippen LogP contribution >= 0.6 is 0 Å². The Hall–Kier alpha value is -4.17. The van der Waals surface area contributed by atoms with Crippen molar-refractivity contribution in [1.29, 1.82) is 0 Å². The minimum Gasteiger partial charge on any atom is -0.305 e. The van der Waals surface area contributed by atoms with Gasteiger partial charge in [-0.1, -0.05) is 99.1 Å². The smallest absolute Gasteiger partial charge is 0.0366 e. The molecule has 0 bridgehead atoms. The third-order valence-corrected chi connectivity index (χ3v) is 6.45. The topological polar surface area (TPSA) is 25.8 Å². The van der Waals surface area contributed by atoms with Crippen LogP contribution in [0.2, 0.25) is 0 Å². The van der Waals surface area contributed by atoms with Crippen LogP contribution in [0.5, 0.6) is 0 Å². The summed E-state index contributed by atoms with van der Waals surface area (Å²) in [7, 11) is 0. The van der Waals surface area contributed by atoms with Crippen LogP contribution in [0.1, 0.15) is 50.2 Å². The van der Waals surface area contributed by atoms with E-state index in [0.717, 1.165) is 22.4 Å². The molecule has 42 heavy (non-hydrogen) atoms. The molecular weight excluding hydrogens is 689 g/mol. The third-order valence-electron chi connectivity index (χ3n) is 6.45. The summed E-state index contributed by atoms with van der Waals surface area (Å²) in [5.74, 6) is -0.591. The van der Waals surface area contributed by atoms with Gasteiger partial charge in [0, 0.05) is 46.3 Å². The summed E-state index contributed by atoms with van der Waals surface area (Å²) in [6, 6.07) is 42.7. The van der Waals surface area contributed by atoms with Crippen LogP contribution < -0.4 is 0 Å². The molecule has 0 fully saturated rings. The molecule has 1 radical (unpaired) electrons. The molecule has 3 heteroatoms. The van der Waals surface area contributed by atoms with Crippen molar-refractivity contribution in [1.82, 2.24) is 9.97 Å². The molecule has 0 saturated heterocycles. The van der Waals surface area contributed by atoms with Gasteiger partial charge in [0.15, 0.2) is 0 Å². The fourth-order valence-corrected chi connectivity index (χ4v) is 4.26. The quantitative estimate of drug-likeness (QED) is 0.160. The van der Waals surface area contributed by atoms with Gasteiger partial charge in [-0.05, 0) is 46.4 Å². The number of benzene rings is 4. The first-order chi connectivity index (χ1) is 22.3. The number of aromatic nitrogens is 2. The van der Waals surface area contributed by atoms with Gasteiger partial charge >= 0.3 is 0 Å².